The zero-order chi connectivity index (χ0) is 19.0. The molecule has 26 heavy (non-hydrogen) atoms. The first-order valence-electron chi connectivity index (χ1n) is 8.14. The molecule has 0 atom stereocenters. The van der Waals surface area contributed by atoms with Crippen molar-refractivity contribution >= 4 is 15.9 Å². The van der Waals surface area contributed by atoms with E-state index in [0.717, 1.165) is 5.56 Å². The summed E-state index contributed by atoms with van der Waals surface area (Å²) in [6.45, 7) is 2.57. The van der Waals surface area contributed by atoms with Gasteiger partial charge in [-0.2, -0.15) is 0 Å². The molecule has 0 aliphatic carbocycles. The summed E-state index contributed by atoms with van der Waals surface area (Å²) in [7, 11) is -3.69. The van der Waals surface area contributed by atoms with Gasteiger partial charge >= 0.3 is 0 Å². The van der Waals surface area contributed by atoms with E-state index in [0.29, 0.717) is 12.4 Å². The van der Waals surface area contributed by atoms with Crippen LogP contribution in [0.5, 0.6) is 5.75 Å². The Labute approximate surface area is 152 Å². The molecule has 8 heteroatoms. The number of ether oxygens (including phenoxy) is 1. The summed E-state index contributed by atoms with van der Waals surface area (Å²) in [5, 5.41) is 2.65. The average Bonchev–Trinajstić information content (AvgIpc) is 2.62. The molecule has 1 amide bonds. The third-order valence-corrected chi connectivity index (χ3v) is 4.97. The fourth-order valence-corrected chi connectivity index (χ4v) is 3.19. The van der Waals surface area contributed by atoms with Gasteiger partial charge in [-0.05, 0) is 48.9 Å². The molecular formula is C18H21FN2O4S. The number of nitrogens with one attached hydrogen (secondary N) is 2. The number of carbonyl (C=O) groups excluding carboxylic acids is 1. The Morgan fingerprint density at radius 2 is 1.73 bits per heavy atom. The first-order valence-corrected chi connectivity index (χ1v) is 9.62. The third kappa shape index (κ3) is 6.12. The number of carbonyl (C=O) groups is 1. The number of hydrogen-bond donors (Lipinski definition) is 2. The maximum absolute atomic E-state index is 12.8. The smallest absolute Gasteiger partial charge is 0.240 e. The molecular weight excluding hydrogens is 359 g/mol. The van der Waals surface area contributed by atoms with Crippen LogP contribution in [0.1, 0.15) is 18.9 Å². The van der Waals surface area contributed by atoms with E-state index in [9.17, 15) is 17.6 Å². The molecule has 0 spiro atoms. The van der Waals surface area contributed by atoms with Crippen LogP contribution in [-0.4, -0.2) is 27.5 Å². The Morgan fingerprint density at radius 1 is 1.08 bits per heavy atom. The second-order valence-electron chi connectivity index (χ2n) is 5.46. The van der Waals surface area contributed by atoms with E-state index >= 15 is 0 Å². The molecule has 140 valence electrons. The zero-order valence-electron chi connectivity index (χ0n) is 14.4. The van der Waals surface area contributed by atoms with Crippen LogP contribution in [0, 0.1) is 5.82 Å². The zero-order valence-corrected chi connectivity index (χ0v) is 15.2. The summed E-state index contributed by atoms with van der Waals surface area (Å²) in [4.78, 5) is 11.9. The maximum Gasteiger partial charge on any atom is 0.240 e. The predicted molar refractivity (Wildman–Crippen MR) is 95.7 cm³/mol. The molecule has 0 aliphatic heterocycles. The van der Waals surface area contributed by atoms with Gasteiger partial charge < -0.3 is 10.1 Å². The fourth-order valence-electron chi connectivity index (χ4n) is 2.16. The topological polar surface area (TPSA) is 84.5 Å². The van der Waals surface area contributed by atoms with E-state index in [1.54, 1.807) is 24.3 Å². The number of rotatable bonds is 9. The Hall–Kier alpha value is -2.45. The van der Waals surface area contributed by atoms with E-state index in [1.165, 1.54) is 24.3 Å². The van der Waals surface area contributed by atoms with Crippen molar-refractivity contribution in [1.82, 2.24) is 10.0 Å². The lowest BCUT2D eigenvalue weighted by Crippen LogP contribution is -2.30. The minimum atomic E-state index is -3.69. The molecule has 6 nitrogen and oxygen atoms in total. The van der Waals surface area contributed by atoms with Gasteiger partial charge in [-0.3, -0.25) is 4.79 Å². The van der Waals surface area contributed by atoms with E-state index in [-0.39, 0.29) is 36.1 Å². The van der Waals surface area contributed by atoms with Crippen LogP contribution in [0.2, 0.25) is 0 Å². The predicted octanol–water partition coefficient (Wildman–Crippen LogP) is 2.21. The highest BCUT2D eigenvalue weighted by molar-refractivity contribution is 7.89. The highest BCUT2D eigenvalue weighted by atomic mass is 32.2. The van der Waals surface area contributed by atoms with Gasteiger partial charge in [0.25, 0.3) is 0 Å². The second kappa shape index (κ2) is 9.30. The largest absolute Gasteiger partial charge is 0.494 e. The Morgan fingerprint density at radius 3 is 2.35 bits per heavy atom. The SMILES string of the molecule is CCOc1ccc(S(=O)(=O)NCCC(=O)NCc2ccc(F)cc2)cc1. The van der Waals surface area contributed by atoms with Gasteiger partial charge in [0, 0.05) is 19.5 Å². The van der Waals surface area contributed by atoms with Crippen LogP contribution < -0.4 is 14.8 Å². The standard InChI is InChI=1S/C18H21FN2O4S/c1-2-25-16-7-9-17(10-8-16)26(23,24)21-12-11-18(22)20-13-14-3-5-15(19)6-4-14/h3-10,21H,2,11-13H2,1H3,(H,20,22). The first-order chi connectivity index (χ1) is 12.4. The second-order valence-corrected chi connectivity index (χ2v) is 7.22. The third-order valence-electron chi connectivity index (χ3n) is 3.49. The Balaban J connectivity index is 1.78. The lowest BCUT2D eigenvalue weighted by atomic mass is 10.2. The van der Waals surface area contributed by atoms with Crippen LogP contribution in [0.25, 0.3) is 0 Å². The van der Waals surface area contributed by atoms with E-state index < -0.39 is 10.0 Å². The number of halogens is 1. The molecule has 0 saturated heterocycles. The molecule has 0 unspecified atom stereocenters. The summed E-state index contributed by atoms with van der Waals surface area (Å²) in [5.74, 6) is -0.0564. The van der Waals surface area contributed by atoms with Crippen molar-refractivity contribution in [3.63, 3.8) is 0 Å². The van der Waals surface area contributed by atoms with E-state index in [1.807, 2.05) is 6.92 Å². The van der Waals surface area contributed by atoms with Gasteiger partial charge in [0.05, 0.1) is 11.5 Å². The van der Waals surface area contributed by atoms with Crippen molar-refractivity contribution in [3.05, 3.63) is 59.9 Å². The van der Waals surface area contributed by atoms with Crippen LogP contribution >= 0.6 is 0 Å². The molecule has 0 heterocycles. The van der Waals surface area contributed by atoms with Crippen LogP contribution in [0.3, 0.4) is 0 Å². The number of sulfonamides is 1. The number of benzene rings is 2. The molecule has 0 radical (unpaired) electrons. The quantitative estimate of drug-likeness (QED) is 0.699. The summed E-state index contributed by atoms with van der Waals surface area (Å²) in [6.07, 6.45) is -0.00253. The maximum atomic E-state index is 12.8. The van der Waals surface area contributed by atoms with Crippen molar-refractivity contribution in [2.75, 3.05) is 13.2 Å². The van der Waals surface area contributed by atoms with Crippen molar-refractivity contribution in [2.45, 2.75) is 24.8 Å². The molecule has 0 saturated carbocycles. The summed E-state index contributed by atoms with van der Waals surface area (Å²) in [5.41, 5.74) is 0.759. The molecule has 2 aromatic carbocycles. The summed E-state index contributed by atoms with van der Waals surface area (Å²) in [6, 6.07) is 11.8. The van der Waals surface area contributed by atoms with Crippen molar-refractivity contribution in [3.8, 4) is 5.75 Å². The summed E-state index contributed by atoms with van der Waals surface area (Å²) < 4.78 is 44.8. The van der Waals surface area contributed by atoms with E-state index in [4.69, 9.17) is 4.74 Å². The van der Waals surface area contributed by atoms with Gasteiger partial charge in [0.15, 0.2) is 0 Å². The monoisotopic (exact) mass is 380 g/mol. The molecule has 0 aliphatic rings. The molecule has 2 aromatic rings. The van der Waals surface area contributed by atoms with Crippen LogP contribution in [-0.2, 0) is 21.4 Å². The van der Waals surface area contributed by atoms with Crippen molar-refractivity contribution in [1.29, 1.82) is 0 Å². The minimum absolute atomic E-state index is 0.00253. The van der Waals surface area contributed by atoms with Gasteiger partial charge in [-0.15, -0.1) is 0 Å². The van der Waals surface area contributed by atoms with Gasteiger partial charge in [0.1, 0.15) is 11.6 Å². The lowest BCUT2D eigenvalue weighted by molar-refractivity contribution is -0.121. The molecule has 0 aromatic heterocycles. The molecule has 0 bridgehead atoms. The van der Waals surface area contributed by atoms with Crippen molar-refractivity contribution < 1.29 is 22.3 Å². The molecule has 0 fully saturated rings. The number of hydrogen-bond acceptors (Lipinski definition) is 4. The van der Waals surface area contributed by atoms with E-state index in [2.05, 4.69) is 10.0 Å². The first kappa shape index (κ1) is 19.9. The van der Waals surface area contributed by atoms with Gasteiger partial charge in [0.2, 0.25) is 15.9 Å². The van der Waals surface area contributed by atoms with Gasteiger partial charge in [-0.25, -0.2) is 17.5 Å². The Bertz CT molecular complexity index is 821. The van der Waals surface area contributed by atoms with Crippen molar-refractivity contribution in [2.24, 2.45) is 0 Å². The number of amides is 1. The normalized spacial score (nSPS) is 11.2. The molecule has 2 rings (SSSR count). The molecule has 2 N–H and O–H groups in total. The van der Waals surface area contributed by atoms with Gasteiger partial charge in [-0.1, -0.05) is 12.1 Å². The highest BCUT2D eigenvalue weighted by Gasteiger charge is 2.14. The van der Waals surface area contributed by atoms with Crippen LogP contribution in [0.15, 0.2) is 53.4 Å². The van der Waals surface area contributed by atoms with Crippen LogP contribution in [0.4, 0.5) is 4.39 Å². The minimum Gasteiger partial charge on any atom is -0.494 e. The average molecular weight is 380 g/mol. The lowest BCUT2D eigenvalue weighted by Gasteiger charge is -2.09. The fraction of sp³-hybridized carbons (Fsp3) is 0.278. The Kier molecular flexibility index (Phi) is 7.11. The highest BCUT2D eigenvalue weighted by Crippen LogP contribution is 2.15. The summed E-state index contributed by atoms with van der Waals surface area (Å²) >= 11 is 0.